The molecule has 1 fully saturated rings. The van der Waals surface area contributed by atoms with Gasteiger partial charge in [-0.25, -0.2) is 0 Å². The molecule has 0 radical (unpaired) electrons. The summed E-state index contributed by atoms with van der Waals surface area (Å²) >= 11 is 0. The fourth-order valence-corrected chi connectivity index (χ4v) is 3.35. The van der Waals surface area contributed by atoms with Crippen LogP contribution in [0.1, 0.15) is 36.9 Å². The van der Waals surface area contributed by atoms with E-state index < -0.39 is 0 Å². The van der Waals surface area contributed by atoms with Crippen molar-refractivity contribution in [3.05, 3.63) is 23.3 Å². The van der Waals surface area contributed by atoms with Crippen molar-refractivity contribution in [3.8, 4) is 11.5 Å². The Hall–Kier alpha value is -1.26. The number of likely N-dealkylation sites (tertiary alicyclic amines) is 1. The van der Waals surface area contributed by atoms with Crippen LogP contribution in [-0.2, 0) is 6.42 Å². The lowest BCUT2D eigenvalue weighted by Gasteiger charge is -2.23. The minimum atomic E-state index is 0.359. The molecular formula is C17H28N2O2. The second-order valence-corrected chi connectivity index (χ2v) is 5.95. The lowest BCUT2D eigenvalue weighted by Crippen LogP contribution is -2.21. The van der Waals surface area contributed by atoms with Gasteiger partial charge in [0.25, 0.3) is 0 Å². The summed E-state index contributed by atoms with van der Waals surface area (Å²) in [7, 11) is 5.65. The van der Waals surface area contributed by atoms with Gasteiger partial charge in [-0.2, -0.15) is 0 Å². The molecule has 1 saturated heterocycles. The molecule has 0 bridgehead atoms. The summed E-state index contributed by atoms with van der Waals surface area (Å²) in [6.45, 7) is 3.97. The molecule has 4 heteroatoms. The quantitative estimate of drug-likeness (QED) is 0.875. The summed E-state index contributed by atoms with van der Waals surface area (Å²) < 4.78 is 11.2. The molecular weight excluding hydrogens is 264 g/mol. The van der Waals surface area contributed by atoms with E-state index in [0.717, 1.165) is 43.9 Å². The normalized spacial score (nSPS) is 22.5. The van der Waals surface area contributed by atoms with E-state index in [1.807, 2.05) is 0 Å². The second kappa shape index (κ2) is 7.14. The Morgan fingerprint density at radius 3 is 2.48 bits per heavy atom. The Morgan fingerprint density at radius 2 is 1.95 bits per heavy atom. The molecule has 1 heterocycles. The number of benzene rings is 1. The number of hydrogen-bond acceptors (Lipinski definition) is 4. The lowest BCUT2D eigenvalue weighted by atomic mass is 9.96. The molecule has 2 unspecified atom stereocenters. The average molecular weight is 292 g/mol. The zero-order valence-corrected chi connectivity index (χ0v) is 13.7. The molecule has 2 N–H and O–H groups in total. The smallest absolute Gasteiger partial charge is 0.124 e. The third-order valence-corrected chi connectivity index (χ3v) is 4.48. The molecule has 1 aromatic rings. The molecule has 1 aromatic carbocycles. The van der Waals surface area contributed by atoms with E-state index >= 15 is 0 Å². The molecule has 1 aliphatic rings. The van der Waals surface area contributed by atoms with Crippen molar-refractivity contribution < 1.29 is 9.47 Å². The van der Waals surface area contributed by atoms with Gasteiger partial charge in [0.2, 0.25) is 0 Å². The largest absolute Gasteiger partial charge is 0.496 e. The number of rotatable bonds is 6. The molecule has 21 heavy (non-hydrogen) atoms. The molecule has 2 rings (SSSR count). The van der Waals surface area contributed by atoms with Crippen LogP contribution in [-0.4, -0.2) is 39.3 Å². The minimum Gasteiger partial charge on any atom is -0.496 e. The molecule has 0 aromatic heterocycles. The van der Waals surface area contributed by atoms with Crippen LogP contribution in [0.3, 0.4) is 0 Å². The number of nitrogens with zero attached hydrogens (tertiary/aromatic N) is 1. The van der Waals surface area contributed by atoms with E-state index in [2.05, 4.69) is 31.0 Å². The molecule has 0 aliphatic carbocycles. The van der Waals surface area contributed by atoms with Gasteiger partial charge in [-0.3, -0.25) is 4.90 Å². The average Bonchev–Trinajstić information content (AvgIpc) is 2.88. The first-order chi connectivity index (χ1) is 10.1. The van der Waals surface area contributed by atoms with E-state index in [1.54, 1.807) is 14.2 Å². The predicted molar refractivity (Wildman–Crippen MR) is 86.1 cm³/mol. The van der Waals surface area contributed by atoms with Crippen molar-refractivity contribution in [2.24, 2.45) is 11.7 Å². The van der Waals surface area contributed by atoms with Gasteiger partial charge in [-0.15, -0.1) is 0 Å². The maximum atomic E-state index is 5.84. The van der Waals surface area contributed by atoms with Crippen molar-refractivity contribution in [2.75, 3.05) is 34.4 Å². The van der Waals surface area contributed by atoms with Crippen molar-refractivity contribution in [2.45, 2.75) is 32.2 Å². The number of aryl methyl sites for hydroxylation is 1. The first-order valence-corrected chi connectivity index (χ1v) is 7.79. The Bertz CT molecular complexity index is 476. The highest BCUT2D eigenvalue weighted by Crippen LogP contribution is 2.41. The monoisotopic (exact) mass is 292 g/mol. The summed E-state index contributed by atoms with van der Waals surface area (Å²) in [4.78, 5) is 2.37. The second-order valence-electron chi connectivity index (χ2n) is 5.95. The van der Waals surface area contributed by atoms with Crippen LogP contribution in [0, 0.1) is 5.92 Å². The molecule has 0 spiro atoms. The third kappa shape index (κ3) is 3.33. The van der Waals surface area contributed by atoms with Crippen LogP contribution in [0.2, 0.25) is 0 Å². The van der Waals surface area contributed by atoms with E-state index in [-0.39, 0.29) is 0 Å². The Morgan fingerprint density at radius 1 is 1.24 bits per heavy atom. The Labute approximate surface area is 128 Å². The van der Waals surface area contributed by atoms with Gasteiger partial charge in [-0.05, 0) is 50.0 Å². The maximum Gasteiger partial charge on any atom is 0.124 e. The van der Waals surface area contributed by atoms with E-state index in [4.69, 9.17) is 15.2 Å². The fraction of sp³-hybridized carbons (Fsp3) is 0.647. The summed E-state index contributed by atoms with van der Waals surface area (Å²) in [6, 6.07) is 4.66. The standard InChI is InChI=1S/C17H28N2O2/c1-5-6-13-8-17(21-4)14(9-16(13)20-3)15-7-12(10-18)11-19(15)2/h8-9,12,15H,5-7,10-11,18H2,1-4H3. The van der Waals surface area contributed by atoms with Gasteiger partial charge >= 0.3 is 0 Å². The van der Waals surface area contributed by atoms with Crippen LogP contribution in [0.5, 0.6) is 11.5 Å². The SMILES string of the molecule is CCCc1cc(OC)c(C2CC(CN)CN2C)cc1OC. The number of hydrogen-bond donors (Lipinski definition) is 1. The minimum absolute atomic E-state index is 0.359. The third-order valence-electron chi connectivity index (χ3n) is 4.48. The highest BCUT2D eigenvalue weighted by atomic mass is 16.5. The van der Waals surface area contributed by atoms with Crippen molar-refractivity contribution in [3.63, 3.8) is 0 Å². The van der Waals surface area contributed by atoms with Crippen LogP contribution in [0.15, 0.2) is 12.1 Å². The van der Waals surface area contributed by atoms with Crippen molar-refractivity contribution >= 4 is 0 Å². The highest BCUT2D eigenvalue weighted by molar-refractivity contribution is 5.48. The lowest BCUT2D eigenvalue weighted by molar-refractivity contribution is 0.301. The molecule has 4 nitrogen and oxygen atoms in total. The number of ether oxygens (including phenoxy) is 2. The topological polar surface area (TPSA) is 47.7 Å². The van der Waals surface area contributed by atoms with E-state index in [9.17, 15) is 0 Å². The van der Waals surface area contributed by atoms with Gasteiger partial charge in [-0.1, -0.05) is 13.3 Å². The number of methoxy groups -OCH3 is 2. The zero-order chi connectivity index (χ0) is 15.4. The summed E-state index contributed by atoms with van der Waals surface area (Å²) in [5, 5.41) is 0. The van der Waals surface area contributed by atoms with Crippen molar-refractivity contribution in [1.82, 2.24) is 4.90 Å². The van der Waals surface area contributed by atoms with Crippen LogP contribution in [0.25, 0.3) is 0 Å². The fourth-order valence-electron chi connectivity index (χ4n) is 3.35. The summed E-state index contributed by atoms with van der Waals surface area (Å²) in [5.41, 5.74) is 8.28. The zero-order valence-electron chi connectivity index (χ0n) is 13.7. The van der Waals surface area contributed by atoms with Gasteiger partial charge in [0.15, 0.2) is 0 Å². The van der Waals surface area contributed by atoms with Crippen LogP contribution < -0.4 is 15.2 Å². The summed E-state index contributed by atoms with van der Waals surface area (Å²) in [5.74, 6) is 2.50. The first kappa shape index (κ1) is 16.1. The van der Waals surface area contributed by atoms with E-state index in [1.165, 1.54) is 11.1 Å². The molecule has 1 aliphatic heterocycles. The molecule has 0 amide bonds. The molecule has 0 saturated carbocycles. The summed E-state index contributed by atoms with van der Waals surface area (Å²) in [6.07, 6.45) is 3.18. The molecule has 118 valence electrons. The predicted octanol–water partition coefficient (Wildman–Crippen LogP) is 2.61. The maximum absolute atomic E-state index is 5.84. The van der Waals surface area contributed by atoms with Gasteiger partial charge in [0.05, 0.1) is 14.2 Å². The first-order valence-electron chi connectivity index (χ1n) is 7.79. The van der Waals surface area contributed by atoms with Crippen molar-refractivity contribution in [1.29, 1.82) is 0 Å². The Kier molecular flexibility index (Phi) is 5.48. The van der Waals surface area contributed by atoms with Gasteiger partial charge in [0.1, 0.15) is 11.5 Å². The Balaban J connectivity index is 2.38. The highest BCUT2D eigenvalue weighted by Gasteiger charge is 2.32. The van der Waals surface area contributed by atoms with Crippen LogP contribution in [0.4, 0.5) is 0 Å². The van der Waals surface area contributed by atoms with Gasteiger partial charge < -0.3 is 15.2 Å². The number of nitrogens with two attached hydrogens (primary N) is 1. The van der Waals surface area contributed by atoms with Crippen LogP contribution >= 0.6 is 0 Å². The molecule has 2 atom stereocenters. The van der Waals surface area contributed by atoms with Gasteiger partial charge in [0, 0.05) is 18.2 Å². The van der Waals surface area contributed by atoms with E-state index in [0.29, 0.717) is 12.0 Å².